The van der Waals surface area contributed by atoms with Crippen molar-refractivity contribution in [2.24, 2.45) is 0 Å². The monoisotopic (exact) mass is 610 g/mol. The second-order valence-electron chi connectivity index (χ2n) is 10.2. The van der Waals surface area contributed by atoms with Crippen LogP contribution >= 0.6 is 0 Å². The molecule has 0 aliphatic carbocycles. The number of halogens is 1. The molecule has 0 spiro atoms. The molecule has 0 fully saturated rings. The Morgan fingerprint density at radius 2 is 1.75 bits per heavy atom. The Morgan fingerprint density at radius 1 is 0.955 bits per heavy atom. The highest BCUT2D eigenvalue weighted by Crippen LogP contribution is 2.43. The summed E-state index contributed by atoms with van der Waals surface area (Å²) in [6, 6.07) is 17.8. The molecular weight excluding hydrogens is 587 g/mol. The van der Waals surface area contributed by atoms with E-state index in [0.29, 0.717) is 55.5 Å². The number of furan rings is 2. The van der Waals surface area contributed by atoms with Crippen LogP contribution in [0.15, 0.2) is 92.4 Å². The van der Waals surface area contributed by atoms with Crippen LogP contribution in [0, 0.1) is 5.82 Å². The number of fused-ring (bicyclic) bond motifs is 3. The molecule has 0 saturated heterocycles. The van der Waals surface area contributed by atoms with Gasteiger partial charge in [-0.3, -0.25) is 9.10 Å². The standard InChI is InChI=1S/C32H23FN4O6S/c1-34-31(38)27-22-15-21(24(37(2)44(3,39)40)16-26(22)42-29(27)17-6-8-20(33)9-7-17)19-13-18-10-12-41-28(18)23(14-19)32-36-30-25(43-32)5-4-11-35-30/h4-16H,1-3H3,(H,34,38). The largest absolute Gasteiger partial charge is 0.464 e. The molecule has 0 aliphatic rings. The van der Waals surface area contributed by atoms with Crippen LogP contribution in [0.3, 0.4) is 0 Å². The maximum Gasteiger partial charge on any atom is 0.255 e. The molecule has 0 atom stereocenters. The van der Waals surface area contributed by atoms with Crippen molar-refractivity contribution in [1.82, 2.24) is 15.3 Å². The molecule has 0 aliphatic heterocycles. The highest BCUT2D eigenvalue weighted by Gasteiger charge is 2.27. The lowest BCUT2D eigenvalue weighted by molar-refractivity contribution is 0.0964. The number of nitrogens with zero attached hydrogens (tertiary/aromatic N) is 3. The summed E-state index contributed by atoms with van der Waals surface area (Å²) in [5, 5.41) is 3.80. The fraction of sp³-hybridized carbons (Fsp3) is 0.0938. The molecule has 4 heterocycles. The first kappa shape index (κ1) is 27.3. The van der Waals surface area contributed by atoms with Gasteiger partial charge in [0.05, 0.1) is 29.3 Å². The molecule has 3 aromatic carbocycles. The van der Waals surface area contributed by atoms with E-state index < -0.39 is 21.7 Å². The number of rotatable bonds is 6. The van der Waals surface area contributed by atoms with Gasteiger partial charge in [-0.2, -0.15) is 4.98 Å². The number of aromatic nitrogens is 2. The van der Waals surface area contributed by atoms with Gasteiger partial charge in [-0.15, -0.1) is 0 Å². The van der Waals surface area contributed by atoms with E-state index in [-0.39, 0.29) is 22.8 Å². The number of carbonyl (C=O) groups excluding carboxylic acids is 1. The molecule has 0 saturated carbocycles. The number of carbonyl (C=O) groups is 1. The molecule has 7 aromatic rings. The zero-order chi connectivity index (χ0) is 30.7. The Bertz CT molecular complexity index is 2320. The second kappa shape index (κ2) is 10.1. The van der Waals surface area contributed by atoms with Crippen LogP contribution < -0.4 is 9.62 Å². The number of amides is 1. The molecular formula is C32H23FN4O6S. The highest BCUT2D eigenvalue weighted by molar-refractivity contribution is 7.92. The van der Waals surface area contributed by atoms with Crippen molar-refractivity contribution in [2.75, 3.05) is 24.7 Å². The van der Waals surface area contributed by atoms with Crippen LogP contribution in [-0.4, -0.2) is 44.6 Å². The lowest BCUT2D eigenvalue weighted by Crippen LogP contribution is -2.25. The first-order chi connectivity index (χ1) is 21.1. The van der Waals surface area contributed by atoms with Gasteiger partial charge in [-0.1, -0.05) is 0 Å². The summed E-state index contributed by atoms with van der Waals surface area (Å²) < 4.78 is 58.5. The van der Waals surface area contributed by atoms with Crippen LogP contribution in [0.2, 0.25) is 0 Å². The number of hydrogen-bond acceptors (Lipinski definition) is 8. The predicted octanol–water partition coefficient (Wildman–Crippen LogP) is 6.61. The predicted molar refractivity (Wildman–Crippen MR) is 164 cm³/mol. The summed E-state index contributed by atoms with van der Waals surface area (Å²) >= 11 is 0. The Kier molecular flexibility index (Phi) is 6.25. The second-order valence-corrected chi connectivity index (χ2v) is 12.2. The molecule has 7 rings (SSSR count). The Morgan fingerprint density at radius 3 is 2.48 bits per heavy atom. The van der Waals surface area contributed by atoms with E-state index >= 15 is 0 Å². The van der Waals surface area contributed by atoms with Crippen LogP contribution in [0.4, 0.5) is 10.1 Å². The third-order valence-electron chi connectivity index (χ3n) is 7.46. The summed E-state index contributed by atoms with van der Waals surface area (Å²) in [7, 11) is -0.800. The van der Waals surface area contributed by atoms with Gasteiger partial charge >= 0.3 is 0 Å². The smallest absolute Gasteiger partial charge is 0.255 e. The zero-order valence-corrected chi connectivity index (χ0v) is 24.4. The van der Waals surface area contributed by atoms with E-state index in [1.807, 2.05) is 6.07 Å². The Labute approximate surface area is 249 Å². The van der Waals surface area contributed by atoms with Crippen LogP contribution in [0.1, 0.15) is 10.4 Å². The molecule has 4 aromatic heterocycles. The number of nitrogens with one attached hydrogen (secondary N) is 1. The van der Waals surface area contributed by atoms with Crippen molar-refractivity contribution in [3.8, 4) is 33.9 Å². The van der Waals surface area contributed by atoms with E-state index in [0.717, 1.165) is 10.6 Å². The van der Waals surface area contributed by atoms with Crippen LogP contribution in [0.25, 0.3) is 67.1 Å². The molecule has 0 radical (unpaired) electrons. The van der Waals surface area contributed by atoms with Gasteiger partial charge in [0, 0.05) is 48.3 Å². The molecule has 44 heavy (non-hydrogen) atoms. The van der Waals surface area contributed by atoms with E-state index in [1.54, 1.807) is 48.9 Å². The number of anilines is 1. The lowest BCUT2D eigenvalue weighted by atomic mass is 9.96. The van der Waals surface area contributed by atoms with Gasteiger partial charge < -0.3 is 18.6 Å². The quantitative estimate of drug-likeness (QED) is 0.223. The van der Waals surface area contributed by atoms with Crippen molar-refractivity contribution in [1.29, 1.82) is 0 Å². The van der Waals surface area contributed by atoms with Crippen molar-refractivity contribution in [3.63, 3.8) is 0 Å². The molecule has 0 bridgehead atoms. The van der Waals surface area contributed by atoms with Gasteiger partial charge in [0.1, 0.15) is 22.7 Å². The molecule has 220 valence electrons. The summed E-state index contributed by atoms with van der Waals surface area (Å²) in [6.45, 7) is 0. The number of benzene rings is 3. The third-order valence-corrected chi connectivity index (χ3v) is 8.65. The topological polar surface area (TPSA) is 132 Å². The Hall–Kier alpha value is -5.49. The fourth-order valence-corrected chi connectivity index (χ4v) is 5.75. The van der Waals surface area contributed by atoms with E-state index in [2.05, 4.69) is 15.3 Å². The first-order valence-corrected chi connectivity index (χ1v) is 15.2. The van der Waals surface area contributed by atoms with Crippen molar-refractivity contribution < 1.29 is 30.9 Å². The molecule has 10 nitrogen and oxygen atoms in total. The number of pyridine rings is 1. The SMILES string of the molecule is CNC(=O)c1c(-c2ccc(F)cc2)oc2cc(N(C)S(C)(=O)=O)c(-c3cc(-c4nc5ncccc5o4)c4occc4c3)cc12. The molecule has 1 amide bonds. The minimum Gasteiger partial charge on any atom is -0.464 e. The summed E-state index contributed by atoms with van der Waals surface area (Å²) in [5.41, 5.74) is 4.33. The normalized spacial score (nSPS) is 11.9. The van der Waals surface area contributed by atoms with Crippen molar-refractivity contribution in [2.45, 2.75) is 0 Å². The minimum absolute atomic E-state index is 0.217. The molecule has 12 heteroatoms. The van der Waals surface area contributed by atoms with E-state index in [1.165, 1.54) is 38.4 Å². The van der Waals surface area contributed by atoms with Crippen LogP contribution in [-0.2, 0) is 10.0 Å². The van der Waals surface area contributed by atoms with Crippen molar-refractivity contribution in [3.05, 3.63) is 90.6 Å². The number of hydrogen-bond donors (Lipinski definition) is 1. The van der Waals surface area contributed by atoms with Crippen molar-refractivity contribution >= 4 is 54.8 Å². The number of oxazole rings is 1. The minimum atomic E-state index is -3.73. The average Bonchev–Trinajstić information content (AvgIpc) is 3.75. The van der Waals surface area contributed by atoms with Gasteiger partial charge in [0.15, 0.2) is 11.2 Å². The average molecular weight is 611 g/mol. The highest BCUT2D eigenvalue weighted by atomic mass is 32.2. The lowest BCUT2D eigenvalue weighted by Gasteiger charge is -2.21. The summed E-state index contributed by atoms with van der Waals surface area (Å²) in [6.07, 6.45) is 4.25. The first-order valence-electron chi connectivity index (χ1n) is 13.4. The summed E-state index contributed by atoms with van der Waals surface area (Å²) in [5.74, 6) is -0.379. The zero-order valence-electron chi connectivity index (χ0n) is 23.6. The van der Waals surface area contributed by atoms with Gasteiger partial charge in [-0.25, -0.2) is 17.8 Å². The molecule has 1 N–H and O–H groups in total. The van der Waals surface area contributed by atoms with E-state index in [9.17, 15) is 17.6 Å². The van der Waals surface area contributed by atoms with Gasteiger partial charge in [0.25, 0.3) is 5.91 Å². The number of sulfonamides is 1. The van der Waals surface area contributed by atoms with E-state index in [4.69, 9.17) is 13.3 Å². The maximum atomic E-state index is 13.7. The summed E-state index contributed by atoms with van der Waals surface area (Å²) in [4.78, 5) is 22.1. The molecule has 0 unspecified atom stereocenters. The maximum absolute atomic E-state index is 13.7. The third kappa shape index (κ3) is 4.47. The van der Waals surface area contributed by atoms with Gasteiger partial charge in [-0.05, 0) is 66.2 Å². The Balaban J connectivity index is 1.53. The van der Waals surface area contributed by atoms with Crippen LogP contribution in [0.5, 0.6) is 0 Å². The fourth-order valence-electron chi connectivity index (χ4n) is 5.24. The van der Waals surface area contributed by atoms with Gasteiger partial charge in [0.2, 0.25) is 15.9 Å².